The van der Waals surface area contributed by atoms with Gasteiger partial charge in [0, 0.05) is 49.4 Å². The molecule has 0 spiro atoms. The summed E-state index contributed by atoms with van der Waals surface area (Å²) >= 11 is 6.58. The number of aromatic nitrogens is 7. The van der Waals surface area contributed by atoms with Crippen LogP contribution in [0.5, 0.6) is 5.88 Å². The highest BCUT2D eigenvalue weighted by Gasteiger charge is 2.67. The molecular formula is C39H32ClF8N9O5S. The molecule has 4 atom stereocenters. The summed E-state index contributed by atoms with van der Waals surface area (Å²) in [5.74, 6) is -13.3. The molecule has 2 aromatic carbocycles. The largest absolute Gasteiger partial charge is 0.478 e. The van der Waals surface area contributed by atoms with Crippen LogP contribution in [0.15, 0.2) is 47.3 Å². The number of carbonyl (C=O) groups is 1. The molecule has 24 heteroatoms. The molecule has 0 bridgehead atoms. The molecular weight excluding hydrogens is 894 g/mol. The number of ether oxygens (including phenoxy) is 1. The van der Waals surface area contributed by atoms with Gasteiger partial charge in [-0.1, -0.05) is 11.6 Å². The van der Waals surface area contributed by atoms with Crippen molar-refractivity contribution in [3.05, 3.63) is 97.8 Å². The maximum atomic E-state index is 15.5. The molecule has 63 heavy (non-hydrogen) atoms. The van der Waals surface area contributed by atoms with Crippen LogP contribution >= 0.6 is 11.6 Å². The molecule has 1 amide bonds. The Balaban J connectivity index is 1.21. The standard InChI is InChI=1S/C39H32ClF8N9O5S/c1-55-31-25(5-4-23(40)29(31)35(53-55)54-63(2,60)61)57-36(51-34-20(37(57)59)3-6-27(50-34)62-8-7-17-14-38(17,45)46)24(11-16-9-18(41)12-19(42)10-16)49-26(58)15-56-32-28(30(52-56)33(43)44)21-13-22(21)39(32,47)48/h3-6,9-10,12,17,21-22,24,33H,7-8,11,13-15H2,1-2H3,(H,49,58)(H,53,54)/t17?,21-,22+,24-/m0/s1. The van der Waals surface area contributed by atoms with Gasteiger partial charge in [-0.2, -0.15) is 24.0 Å². The first kappa shape index (κ1) is 42.5. The summed E-state index contributed by atoms with van der Waals surface area (Å²) in [6, 6.07) is 6.03. The van der Waals surface area contributed by atoms with E-state index in [9.17, 15) is 44.3 Å². The Morgan fingerprint density at radius 3 is 2.43 bits per heavy atom. The van der Waals surface area contributed by atoms with Gasteiger partial charge in [-0.15, -0.1) is 0 Å². The molecule has 0 saturated heterocycles. The Morgan fingerprint density at radius 2 is 1.76 bits per heavy atom. The molecule has 2 saturated carbocycles. The second kappa shape index (κ2) is 14.9. The highest BCUT2D eigenvalue weighted by molar-refractivity contribution is 7.92. The number of rotatable bonds is 14. The minimum absolute atomic E-state index is 0.00968. The molecule has 9 rings (SSSR count). The lowest BCUT2D eigenvalue weighted by Gasteiger charge is -2.24. The lowest BCUT2D eigenvalue weighted by molar-refractivity contribution is -0.123. The number of alkyl halides is 6. The summed E-state index contributed by atoms with van der Waals surface area (Å²) in [6.07, 6.45) is -3.26. The van der Waals surface area contributed by atoms with Crippen LogP contribution in [0.2, 0.25) is 5.02 Å². The number of sulfonamides is 1. The molecule has 4 aromatic heterocycles. The second-order valence-electron chi connectivity index (χ2n) is 15.8. The number of carbonyl (C=O) groups excluding carboxylic acids is 1. The monoisotopic (exact) mass is 925 g/mol. The molecule has 0 aliphatic heterocycles. The summed E-state index contributed by atoms with van der Waals surface area (Å²) in [5, 5.41) is 10.3. The van der Waals surface area contributed by atoms with Gasteiger partial charge in [0.25, 0.3) is 23.8 Å². The Kier molecular flexibility index (Phi) is 10.0. The number of amides is 1. The molecule has 6 aromatic rings. The van der Waals surface area contributed by atoms with E-state index < -0.39 is 105 Å². The first-order valence-corrected chi connectivity index (χ1v) is 21.5. The smallest absolute Gasteiger partial charge is 0.293 e. The van der Waals surface area contributed by atoms with Crippen molar-refractivity contribution in [1.29, 1.82) is 0 Å². The first-order valence-electron chi connectivity index (χ1n) is 19.2. The first-order chi connectivity index (χ1) is 29.6. The lowest BCUT2D eigenvalue weighted by atomic mass is 10.0. The van der Waals surface area contributed by atoms with Crippen molar-refractivity contribution in [1.82, 2.24) is 39.4 Å². The molecule has 2 N–H and O–H groups in total. The van der Waals surface area contributed by atoms with Crippen molar-refractivity contribution in [2.24, 2.45) is 18.9 Å². The Morgan fingerprint density at radius 1 is 1.05 bits per heavy atom. The molecule has 14 nitrogen and oxygen atoms in total. The lowest BCUT2D eigenvalue weighted by Crippen LogP contribution is -2.38. The summed E-state index contributed by atoms with van der Waals surface area (Å²) in [5.41, 5.74) is -3.38. The van der Waals surface area contributed by atoms with Crippen molar-refractivity contribution >= 4 is 55.3 Å². The van der Waals surface area contributed by atoms with Gasteiger partial charge in [-0.3, -0.25) is 28.2 Å². The van der Waals surface area contributed by atoms with Gasteiger partial charge in [0.05, 0.1) is 45.9 Å². The van der Waals surface area contributed by atoms with Gasteiger partial charge >= 0.3 is 0 Å². The quantitative estimate of drug-likeness (QED) is 0.111. The number of hydrogen-bond donors (Lipinski definition) is 2. The normalized spacial score (nSPS) is 19.9. The fourth-order valence-electron chi connectivity index (χ4n) is 8.41. The number of nitrogens with one attached hydrogen (secondary N) is 2. The van der Waals surface area contributed by atoms with Crippen LogP contribution in [0.3, 0.4) is 0 Å². The molecule has 4 heterocycles. The number of benzene rings is 2. The minimum atomic E-state index is -3.95. The van der Waals surface area contributed by atoms with Crippen molar-refractivity contribution in [2.75, 3.05) is 17.6 Å². The third-order valence-corrected chi connectivity index (χ3v) is 12.2. The van der Waals surface area contributed by atoms with Gasteiger partial charge in [0.2, 0.25) is 21.8 Å². The molecule has 1 unspecified atom stereocenters. The van der Waals surface area contributed by atoms with Gasteiger partial charge in [0.1, 0.15) is 35.4 Å². The molecule has 3 aliphatic carbocycles. The minimum Gasteiger partial charge on any atom is -0.478 e. The van der Waals surface area contributed by atoms with Crippen LogP contribution in [-0.4, -0.2) is 67.2 Å². The summed E-state index contributed by atoms with van der Waals surface area (Å²) in [4.78, 5) is 37.9. The Bertz CT molecular complexity index is 3050. The average Bonchev–Trinajstić information content (AvgIpc) is 3.98. The fraction of sp³-hybridized carbons (Fsp3) is 0.385. The highest BCUT2D eigenvalue weighted by Crippen LogP contribution is 2.68. The maximum absolute atomic E-state index is 15.5. The summed E-state index contributed by atoms with van der Waals surface area (Å²) in [6.45, 7) is -1.22. The van der Waals surface area contributed by atoms with E-state index in [1.807, 2.05) is 0 Å². The van der Waals surface area contributed by atoms with E-state index in [4.69, 9.17) is 16.3 Å². The Hall–Kier alpha value is -5.84. The van der Waals surface area contributed by atoms with Gasteiger partial charge in [-0.05, 0) is 54.7 Å². The van der Waals surface area contributed by atoms with E-state index in [-0.39, 0.29) is 81.3 Å². The van der Waals surface area contributed by atoms with E-state index in [0.717, 1.165) is 23.0 Å². The van der Waals surface area contributed by atoms with Crippen LogP contribution < -0.4 is 20.3 Å². The number of hydrogen-bond acceptors (Lipinski definition) is 9. The van der Waals surface area contributed by atoms with Crippen LogP contribution in [0.4, 0.5) is 40.9 Å². The van der Waals surface area contributed by atoms with Crippen molar-refractivity contribution in [3.63, 3.8) is 0 Å². The van der Waals surface area contributed by atoms with E-state index in [1.54, 1.807) is 0 Å². The van der Waals surface area contributed by atoms with E-state index in [2.05, 4.69) is 30.2 Å². The van der Waals surface area contributed by atoms with E-state index in [0.29, 0.717) is 10.7 Å². The molecule has 3 aliphatic rings. The third kappa shape index (κ3) is 7.71. The maximum Gasteiger partial charge on any atom is 0.293 e. The molecule has 2 fully saturated rings. The predicted octanol–water partition coefficient (Wildman–Crippen LogP) is 6.84. The van der Waals surface area contributed by atoms with E-state index >= 15 is 8.78 Å². The predicted molar refractivity (Wildman–Crippen MR) is 209 cm³/mol. The SMILES string of the molecule is Cn1nc(NS(C)(=O)=O)c2c(Cl)ccc(-n3c([C@H](Cc4cc(F)cc(F)c4)NC(=O)Cn4nc(C(F)F)c5c4C(F)(F)[C@@H]4C[C@H]54)nc4nc(OCCC5CC5(F)F)ccc4c3=O)c21. The van der Waals surface area contributed by atoms with Crippen LogP contribution in [0, 0.1) is 23.5 Å². The van der Waals surface area contributed by atoms with Crippen LogP contribution in [0.1, 0.15) is 66.0 Å². The fourth-order valence-corrected chi connectivity index (χ4v) is 9.15. The van der Waals surface area contributed by atoms with Crippen molar-refractivity contribution in [3.8, 4) is 11.6 Å². The number of halogens is 9. The van der Waals surface area contributed by atoms with Crippen molar-refractivity contribution in [2.45, 2.75) is 62.5 Å². The number of aryl methyl sites for hydroxylation is 1. The summed E-state index contributed by atoms with van der Waals surface area (Å²) in [7, 11) is -2.54. The van der Waals surface area contributed by atoms with Crippen LogP contribution in [-0.2, 0) is 40.8 Å². The molecule has 0 radical (unpaired) electrons. The second-order valence-corrected chi connectivity index (χ2v) is 18.0. The third-order valence-electron chi connectivity index (χ3n) is 11.3. The zero-order chi connectivity index (χ0) is 45.1. The zero-order valence-corrected chi connectivity index (χ0v) is 34.2. The van der Waals surface area contributed by atoms with Crippen molar-refractivity contribution < 1.29 is 53.1 Å². The summed E-state index contributed by atoms with van der Waals surface area (Å²) < 4.78 is 151. The molecule has 332 valence electrons. The number of anilines is 1. The van der Waals surface area contributed by atoms with Gasteiger partial charge in [0.15, 0.2) is 11.5 Å². The Labute approximate surface area is 355 Å². The van der Waals surface area contributed by atoms with Gasteiger partial charge in [-0.25, -0.2) is 39.7 Å². The van der Waals surface area contributed by atoms with E-state index in [1.165, 1.54) is 36.0 Å². The average molecular weight is 926 g/mol. The number of nitrogens with zero attached hydrogens (tertiary/aromatic N) is 7. The topological polar surface area (TPSA) is 168 Å². The number of pyridine rings is 1. The number of fused-ring (bicyclic) bond motifs is 5. The van der Waals surface area contributed by atoms with Gasteiger partial charge < -0.3 is 10.1 Å². The highest BCUT2D eigenvalue weighted by atomic mass is 35.5. The zero-order valence-electron chi connectivity index (χ0n) is 32.7. The van der Waals surface area contributed by atoms with Crippen LogP contribution in [0.25, 0.3) is 27.6 Å².